The zero-order valence-corrected chi connectivity index (χ0v) is 28.0. The summed E-state index contributed by atoms with van der Waals surface area (Å²) in [4.78, 5) is 14.2. The van der Waals surface area contributed by atoms with Crippen molar-refractivity contribution >= 4 is 38.6 Å². The van der Waals surface area contributed by atoms with Crippen molar-refractivity contribution in [3.8, 4) is 22.3 Å². The summed E-state index contributed by atoms with van der Waals surface area (Å²) in [6.45, 7) is 5.49. The maximum atomic E-state index is 4.77. The van der Waals surface area contributed by atoms with E-state index in [1.807, 2.05) is 18.5 Å². The lowest BCUT2D eigenvalue weighted by Gasteiger charge is -2.28. The molecule has 4 nitrogen and oxygen atoms in total. The summed E-state index contributed by atoms with van der Waals surface area (Å²) in [5.74, 6) is 1.79. The van der Waals surface area contributed by atoms with Crippen LogP contribution in [-0.2, 0) is 5.41 Å². The van der Waals surface area contributed by atoms with Crippen molar-refractivity contribution < 1.29 is 0 Å². The summed E-state index contributed by atoms with van der Waals surface area (Å²) in [5.41, 5.74) is 12.2. The van der Waals surface area contributed by atoms with E-state index in [0.29, 0.717) is 5.82 Å². The van der Waals surface area contributed by atoms with Gasteiger partial charge in [-0.05, 0) is 97.4 Å². The standard InChI is InChI=1S/C46H34N4/c1-46(2)39-18-9-8-17-36(39)38-28-33-27-32-13-6-7-16-35(32)42(37(33)29-40(38)46)30-20-22-31(23-21-30)43-44(45-47-24-12-25-48-45)50(34-14-4-3-5-15-34)41-19-10-11-26-49(41)43/h3-25,27-29H,26H2,1-2H3. The zero-order chi connectivity index (χ0) is 33.4. The van der Waals surface area contributed by atoms with Crippen LogP contribution in [0.3, 0.4) is 0 Å². The monoisotopic (exact) mass is 642 g/mol. The largest absolute Gasteiger partial charge is 0.321 e. The van der Waals surface area contributed by atoms with E-state index in [1.54, 1.807) is 0 Å². The minimum absolute atomic E-state index is 0.0729. The van der Waals surface area contributed by atoms with Crippen LogP contribution >= 0.6 is 0 Å². The first-order chi connectivity index (χ1) is 24.6. The number of benzene rings is 6. The third-order valence-electron chi connectivity index (χ3n) is 10.7. The van der Waals surface area contributed by atoms with Crippen LogP contribution < -0.4 is 4.90 Å². The summed E-state index contributed by atoms with van der Waals surface area (Å²) in [6.07, 6.45) is 10.2. The molecule has 6 aromatic carbocycles. The highest BCUT2D eigenvalue weighted by Gasteiger charge is 2.38. The van der Waals surface area contributed by atoms with Crippen LogP contribution in [0.25, 0.3) is 55.2 Å². The number of para-hydroxylation sites is 1. The molecule has 0 N–H and O–H groups in total. The van der Waals surface area contributed by atoms with Gasteiger partial charge in [0.1, 0.15) is 11.5 Å². The predicted molar refractivity (Wildman–Crippen MR) is 206 cm³/mol. The average Bonchev–Trinajstić information content (AvgIpc) is 3.63. The van der Waals surface area contributed by atoms with E-state index < -0.39 is 0 Å². The van der Waals surface area contributed by atoms with Gasteiger partial charge in [-0.15, -0.1) is 0 Å². The van der Waals surface area contributed by atoms with Gasteiger partial charge >= 0.3 is 0 Å². The minimum atomic E-state index is -0.0729. The molecule has 1 aromatic heterocycles. The first-order valence-corrected chi connectivity index (χ1v) is 17.3. The molecule has 1 aliphatic carbocycles. The van der Waals surface area contributed by atoms with Crippen LogP contribution in [-0.4, -0.2) is 21.4 Å². The van der Waals surface area contributed by atoms with Crippen LogP contribution in [0.2, 0.25) is 0 Å². The van der Waals surface area contributed by atoms with Crippen molar-refractivity contribution in [2.75, 3.05) is 11.4 Å². The fraction of sp³-hybridized carbons (Fsp3) is 0.0870. The van der Waals surface area contributed by atoms with E-state index in [4.69, 9.17) is 9.97 Å². The number of hydrogen-bond donors (Lipinski definition) is 0. The molecule has 0 unspecified atom stereocenters. The molecule has 3 heterocycles. The van der Waals surface area contributed by atoms with Gasteiger partial charge in [0.05, 0.1) is 5.70 Å². The highest BCUT2D eigenvalue weighted by atomic mass is 15.4. The molecular formula is C46H34N4. The average molecular weight is 643 g/mol. The number of fused-ring (bicyclic) bond motifs is 6. The number of hydrogen-bond acceptors (Lipinski definition) is 4. The molecule has 0 radical (unpaired) electrons. The molecule has 0 atom stereocenters. The van der Waals surface area contributed by atoms with E-state index in [2.05, 4.69) is 163 Å². The fourth-order valence-electron chi connectivity index (χ4n) is 8.38. The van der Waals surface area contributed by atoms with Crippen LogP contribution in [0.5, 0.6) is 0 Å². The Labute approximate surface area is 292 Å². The molecule has 50 heavy (non-hydrogen) atoms. The van der Waals surface area contributed by atoms with E-state index in [0.717, 1.165) is 35.0 Å². The summed E-state index contributed by atoms with van der Waals surface area (Å²) >= 11 is 0. The Morgan fingerprint density at radius 3 is 2.18 bits per heavy atom. The summed E-state index contributed by atoms with van der Waals surface area (Å²) in [6, 6.07) is 46.5. The van der Waals surface area contributed by atoms with Crippen molar-refractivity contribution in [2.45, 2.75) is 19.3 Å². The Hall–Kier alpha value is -6.26. The Kier molecular flexibility index (Phi) is 6.25. The van der Waals surface area contributed by atoms with Gasteiger partial charge in [-0.2, -0.15) is 0 Å². The lowest BCUT2D eigenvalue weighted by Crippen LogP contribution is -2.26. The molecule has 7 aromatic rings. The number of anilines is 1. The highest BCUT2D eigenvalue weighted by molar-refractivity contribution is 6.14. The zero-order valence-electron chi connectivity index (χ0n) is 28.0. The molecule has 0 saturated heterocycles. The second-order valence-corrected chi connectivity index (χ2v) is 13.8. The van der Waals surface area contributed by atoms with Crippen molar-refractivity contribution in [3.63, 3.8) is 0 Å². The topological polar surface area (TPSA) is 32.3 Å². The first-order valence-electron chi connectivity index (χ1n) is 17.3. The maximum Gasteiger partial charge on any atom is 0.178 e. The van der Waals surface area contributed by atoms with Gasteiger partial charge in [-0.3, -0.25) is 4.90 Å². The van der Waals surface area contributed by atoms with Crippen molar-refractivity contribution in [2.24, 2.45) is 0 Å². The van der Waals surface area contributed by atoms with Gasteiger partial charge in [0.25, 0.3) is 0 Å². The van der Waals surface area contributed by atoms with Gasteiger partial charge in [-0.25, -0.2) is 9.97 Å². The third-order valence-corrected chi connectivity index (χ3v) is 10.7. The van der Waals surface area contributed by atoms with Gasteiger partial charge in [0, 0.05) is 35.6 Å². The number of rotatable bonds is 4. The fourth-order valence-corrected chi connectivity index (χ4v) is 8.38. The van der Waals surface area contributed by atoms with Crippen LogP contribution in [0.1, 0.15) is 36.4 Å². The molecule has 0 spiro atoms. The lowest BCUT2D eigenvalue weighted by atomic mass is 9.81. The van der Waals surface area contributed by atoms with E-state index in [1.165, 1.54) is 54.9 Å². The van der Waals surface area contributed by atoms with Gasteiger partial charge in [0.15, 0.2) is 5.82 Å². The Balaban J connectivity index is 1.18. The minimum Gasteiger partial charge on any atom is -0.321 e. The SMILES string of the molecule is CC1(C)c2ccccc2-c2cc3cc4ccccc4c(-c4ccc(C5=C(c6ncccn6)N(c6ccccc6)C6=CC=CCN65)cc4)c3cc21. The Morgan fingerprint density at radius 1 is 0.600 bits per heavy atom. The number of allylic oxidation sites excluding steroid dienone is 2. The molecule has 0 amide bonds. The van der Waals surface area contributed by atoms with Gasteiger partial charge < -0.3 is 4.90 Å². The summed E-state index contributed by atoms with van der Waals surface area (Å²) < 4.78 is 0. The third kappa shape index (κ3) is 4.18. The molecular weight excluding hydrogens is 609 g/mol. The first kappa shape index (κ1) is 28.7. The maximum absolute atomic E-state index is 4.77. The number of aromatic nitrogens is 2. The van der Waals surface area contributed by atoms with Crippen molar-refractivity contribution in [1.29, 1.82) is 0 Å². The van der Waals surface area contributed by atoms with Crippen LogP contribution in [0, 0.1) is 0 Å². The van der Waals surface area contributed by atoms with E-state index >= 15 is 0 Å². The van der Waals surface area contributed by atoms with E-state index in [9.17, 15) is 0 Å². The quantitative estimate of drug-likeness (QED) is 0.179. The second-order valence-electron chi connectivity index (χ2n) is 13.8. The molecule has 3 aliphatic rings. The Bertz CT molecular complexity index is 2580. The summed E-state index contributed by atoms with van der Waals surface area (Å²) in [5, 5.41) is 5.07. The van der Waals surface area contributed by atoms with Gasteiger partial charge in [-0.1, -0.05) is 117 Å². The molecule has 4 heteroatoms. The summed E-state index contributed by atoms with van der Waals surface area (Å²) in [7, 11) is 0. The van der Waals surface area contributed by atoms with Crippen LogP contribution in [0.15, 0.2) is 164 Å². The molecule has 0 saturated carbocycles. The van der Waals surface area contributed by atoms with Crippen molar-refractivity contribution in [3.05, 3.63) is 186 Å². The Morgan fingerprint density at radius 2 is 1.34 bits per heavy atom. The van der Waals surface area contributed by atoms with Crippen molar-refractivity contribution in [1.82, 2.24) is 14.9 Å². The highest BCUT2D eigenvalue weighted by Crippen LogP contribution is 2.52. The van der Waals surface area contributed by atoms with E-state index in [-0.39, 0.29) is 5.41 Å². The van der Waals surface area contributed by atoms with Gasteiger partial charge in [0.2, 0.25) is 0 Å². The predicted octanol–water partition coefficient (Wildman–Crippen LogP) is 10.8. The number of nitrogens with zero attached hydrogens (tertiary/aromatic N) is 4. The molecule has 0 bridgehead atoms. The lowest BCUT2D eigenvalue weighted by molar-refractivity contribution is 0.546. The normalized spacial score (nSPS) is 15.8. The molecule has 10 rings (SSSR count). The second kappa shape index (κ2) is 10.9. The molecule has 2 aliphatic heterocycles. The molecule has 238 valence electrons. The van der Waals surface area contributed by atoms with Crippen LogP contribution in [0.4, 0.5) is 5.69 Å². The molecule has 0 fully saturated rings. The smallest absolute Gasteiger partial charge is 0.178 e.